The summed E-state index contributed by atoms with van der Waals surface area (Å²) in [6.45, 7) is 0.493. The largest absolute Gasteiger partial charge is 0.480 e. The highest BCUT2D eigenvalue weighted by Gasteiger charge is 2.49. The molecule has 118 valence electrons. The Bertz CT molecular complexity index is 621. The highest BCUT2D eigenvalue weighted by molar-refractivity contribution is 7.98. The van der Waals surface area contributed by atoms with Crippen molar-refractivity contribution >= 4 is 23.6 Å². The van der Waals surface area contributed by atoms with Gasteiger partial charge in [-0.25, -0.2) is 9.18 Å². The minimum absolute atomic E-state index is 0.0573. The van der Waals surface area contributed by atoms with Crippen LogP contribution in [0, 0.1) is 17.7 Å². The summed E-state index contributed by atoms with van der Waals surface area (Å²) in [7, 11) is 0. The van der Waals surface area contributed by atoms with Crippen LogP contribution in [0.3, 0.4) is 0 Å². The number of likely N-dealkylation sites (tertiary alicyclic amines) is 1. The summed E-state index contributed by atoms with van der Waals surface area (Å²) in [5.41, 5.74) is 0.358. The maximum atomic E-state index is 13.6. The van der Waals surface area contributed by atoms with Gasteiger partial charge in [0.1, 0.15) is 11.9 Å². The van der Waals surface area contributed by atoms with Gasteiger partial charge in [0.05, 0.1) is 0 Å². The molecule has 3 atom stereocenters. The number of fused-ring (bicyclic) bond motifs is 1. The maximum absolute atomic E-state index is 13.6. The van der Waals surface area contributed by atoms with E-state index in [0.717, 1.165) is 19.3 Å². The molecule has 4 nitrogen and oxygen atoms in total. The van der Waals surface area contributed by atoms with Crippen LogP contribution in [-0.2, 0) is 4.79 Å². The van der Waals surface area contributed by atoms with Crippen LogP contribution in [0.4, 0.5) is 4.39 Å². The van der Waals surface area contributed by atoms with E-state index >= 15 is 0 Å². The third-order valence-electron chi connectivity index (χ3n) is 4.80. The van der Waals surface area contributed by atoms with Gasteiger partial charge in [0.2, 0.25) is 0 Å². The average Bonchev–Trinajstić information content (AvgIpc) is 3.06. The van der Waals surface area contributed by atoms with E-state index in [2.05, 4.69) is 0 Å². The van der Waals surface area contributed by atoms with E-state index in [1.807, 2.05) is 0 Å². The predicted molar refractivity (Wildman–Crippen MR) is 81.5 cm³/mol. The fraction of sp³-hybridized carbons (Fsp3) is 0.500. The molecular weight excluding hydrogens is 305 g/mol. The van der Waals surface area contributed by atoms with Crippen molar-refractivity contribution in [3.63, 3.8) is 0 Å². The van der Waals surface area contributed by atoms with Gasteiger partial charge in [-0.05, 0) is 49.1 Å². The zero-order valence-electron chi connectivity index (χ0n) is 12.3. The van der Waals surface area contributed by atoms with Gasteiger partial charge < -0.3 is 10.0 Å². The molecule has 0 spiro atoms. The molecule has 1 heterocycles. The molecule has 1 saturated heterocycles. The number of carboxylic acids is 1. The molecule has 1 N–H and O–H groups in total. The van der Waals surface area contributed by atoms with Crippen LogP contribution in [-0.4, -0.2) is 40.7 Å². The van der Waals surface area contributed by atoms with E-state index in [1.54, 1.807) is 6.26 Å². The van der Waals surface area contributed by atoms with Crippen LogP contribution in [0.1, 0.15) is 29.6 Å². The third kappa shape index (κ3) is 2.49. The Balaban J connectivity index is 1.89. The summed E-state index contributed by atoms with van der Waals surface area (Å²) in [4.78, 5) is 26.2. The first kappa shape index (κ1) is 15.3. The Morgan fingerprint density at radius 3 is 2.82 bits per heavy atom. The number of halogens is 1. The molecule has 1 aliphatic carbocycles. The minimum Gasteiger partial charge on any atom is -0.480 e. The quantitative estimate of drug-likeness (QED) is 0.869. The Morgan fingerprint density at radius 2 is 2.14 bits per heavy atom. The second-order valence-electron chi connectivity index (χ2n) is 5.94. The molecule has 2 fully saturated rings. The lowest BCUT2D eigenvalue weighted by Crippen LogP contribution is -2.43. The normalized spacial score (nSPS) is 27.0. The Morgan fingerprint density at radius 1 is 1.36 bits per heavy atom. The molecule has 0 bridgehead atoms. The number of rotatable bonds is 3. The SMILES string of the molecule is CSc1cc(C(=O)N2CC3CCCC3C2C(=O)O)ccc1F. The zero-order chi connectivity index (χ0) is 15.9. The molecule has 1 aromatic carbocycles. The molecule has 1 aliphatic heterocycles. The second-order valence-corrected chi connectivity index (χ2v) is 6.79. The van der Waals surface area contributed by atoms with Crippen LogP contribution in [0.5, 0.6) is 0 Å². The second kappa shape index (κ2) is 5.91. The van der Waals surface area contributed by atoms with E-state index in [9.17, 15) is 19.1 Å². The van der Waals surface area contributed by atoms with Crippen molar-refractivity contribution in [3.8, 4) is 0 Å². The molecule has 3 rings (SSSR count). The summed E-state index contributed by atoms with van der Waals surface area (Å²) in [5.74, 6) is -1.27. The highest BCUT2D eigenvalue weighted by Crippen LogP contribution is 2.42. The number of carboxylic acid groups (broad SMARTS) is 1. The summed E-state index contributed by atoms with van der Waals surface area (Å²) in [5, 5.41) is 9.51. The number of carbonyl (C=O) groups is 2. The van der Waals surface area contributed by atoms with Gasteiger partial charge >= 0.3 is 5.97 Å². The average molecular weight is 323 g/mol. The Hall–Kier alpha value is -1.56. The maximum Gasteiger partial charge on any atom is 0.326 e. The fourth-order valence-corrected chi connectivity index (χ4v) is 4.30. The number of hydrogen-bond acceptors (Lipinski definition) is 3. The first-order valence-corrected chi connectivity index (χ1v) is 8.62. The standard InChI is InChI=1S/C16H18FNO3S/c1-22-13-7-9(5-6-12(13)17)15(19)18-8-10-3-2-4-11(10)14(18)16(20)21/h5-7,10-11,14H,2-4,8H2,1H3,(H,20,21). The van der Waals surface area contributed by atoms with Gasteiger partial charge in [-0.3, -0.25) is 4.79 Å². The Labute approximate surface area is 132 Å². The zero-order valence-corrected chi connectivity index (χ0v) is 13.1. The number of amides is 1. The molecule has 0 radical (unpaired) electrons. The van der Waals surface area contributed by atoms with Crippen molar-refractivity contribution < 1.29 is 19.1 Å². The summed E-state index contributed by atoms with van der Waals surface area (Å²) in [6.07, 6.45) is 4.63. The lowest BCUT2D eigenvalue weighted by atomic mass is 9.94. The van der Waals surface area contributed by atoms with E-state index in [1.165, 1.54) is 34.9 Å². The molecule has 2 aliphatic rings. The number of carbonyl (C=O) groups excluding carboxylic acids is 1. The lowest BCUT2D eigenvalue weighted by Gasteiger charge is -2.24. The molecule has 3 unspecified atom stereocenters. The first-order chi connectivity index (χ1) is 10.5. The van der Waals surface area contributed by atoms with Crippen molar-refractivity contribution in [2.24, 2.45) is 11.8 Å². The number of benzene rings is 1. The van der Waals surface area contributed by atoms with Gasteiger partial charge in [0.15, 0.2) is 0 Å². The van der Waals surface area contributed by atoms with Crippen molar-refractivity contribution in [3.05, 3.63) is 29.6 Å². The summed E-state index contributed by atoms with van der Waals surface area (Å²) in [6, 6.07) is 3.47. The summed E-state index contributed by atoms with van der Waals surface area (Å²) >= 11 is 1.23. The number of aliphatic carboxylic acids is 1. The lowest BCUT2D eigenvalue weighted by molar-refractivity contribution is -0.142. The van der Waals surface area contributed by atoms with Gasteiger partial charge in [-0.1, -0.05) is 6.42 Å². The van der Waals surface area contributed by atoms with Crippen LogP contribution >= 0.6 is 11.8 Å². The number of hydrogen-bond donors (Lipinski definition) is 1. The van der Waals surface area contributed by atoms with Gasteiger partial charge in [-0.15, -0.1) is 11.8 Å². The van der Waals surface area contributed by atoms with Crippen LogP contribution in [0.15, 0.2) is 23.1 Å². The smallest absolute Gasteiger partial charge is 0.326 e. The van der Waals surface area contributed by atoms with E-state index in [4.69, 9.17) is 0 Å². The summed E-state index contributed by atoms with van der Waals surface area (Å²) < 4.78 is 13.6. The van der Waals surface area contributed by atoms with Crippen molar-refractivity contribution in [1.82, 2.24) is 4.90 Å². The number of thioether (sulfide) groups is 1. The van der Waals surface area contributed by atoms with Gasteiger partial charge in [0, 0.05) is 17.0 Å². The van der Waals surface area contributed by atoms with Crippen LogP contribution in [0.25, 0.3) is 0 Å². The molecular formula is C16H18FNO3S. The van der Waals surface area contributed by atoms with Gasteiger partial charge in [0.25, 0.3) is 5.91 Å². The van der Waals surface area contributed by atoms with Crippen molar-refractivity contribution in [2.45, 2.75) is 30.2 Å². The monoisotopic (exact) mass is 323 g/mol. The predicted octanol–water partition coefficient (Wildman–Crippen LogP) is 2.87. The third-order valence-corrected chi connectivity index (χ3v) is 5.56. The molecule has 22 heavy (non-hydrogen) atoms. The first-order valence-electron chi connectivity index (χ1n) is 7.40. The molecule has 6 heteroatoms. The van der Waals surface area contributed by atoms with E-state index < -0.39 is 12.0 Å². The highest BCUT2D eigenvalue weighted by atomic mass is 32.2. The fourth-order valence-electron chi connectivity index (χ4n) is 3.79. The molecule has 1 amide bonds. The molecule has 1 saturated carbocycles. The van der Waals surface area contributed by atoms with E-state index in [0.29, 0.717) is 17.0 Å². The number of nitrogens with zero attached hydrogens (tertiary/aromatic N) is 1. The van der Waals surface area contributed by atoms with E-state index in [-0.39, 0.29) is 23.6 Å². The van der Waals surface area contributed by atoms with Crippen LogP contribution in [0.2, 0.25) is 0 Å². The minimum atomic E-state index is -0.935. The van der Waals surface area contributed by atoms with Crippen molar-refractivity contribution in [2.75, 3.05) is 12.8 Å². The van der Waals surface area contributed by atoms with Crippen LogP contribution < -0.4 is 0 Å². The van der Waals surface area contributed by atoms with Crippen molar-refractivity contribution in [1.29, 1.82) is 0 Å². The topological polar surface area (TPSA) is 57.6 Å². The molecule has 0 aromatic heterocycles. The Kier molecular flexibility index (Phi) is 4.12. The van der Waals surface area contributed by atoms with Gasteiger partial charge in [-0.2, -0.15) is 0 Å². The molecule has 1 aromatic rings.